The minimum atomic E-state index is -1.14. The number of carbonyl (C=O) groups excluding carboxylic acids is 1. The molecule has 2 rings (SSSR count). The van der Waals surface area contributed by atoms with Crippen molar-refractivity contribution >= 4 is 5.78 Å². The summed E-state index contributed by atoms with van der Waals surface area (Å²) in [5, 5.41) is 10.6. The summed E-state index contributed by atoms with van der Waals surface area (Å²) >= 11 is 0. The number of carbonyl (C=O) groups is 1. The van der Waals surface area contributed by atoms with Gasteiger partial charge in [0.2, 0.25) is 11.8 Å². The van der Waals surface area contributed by atoms with Crippen molar-refractivity contribution in [3.63, 3.8) is 0 Å². The van der Waals surface area contributed by atoms with Gasteiger partial charge in [0.15, 0.2) is 0 Å². The highest BCUT2D eigenvalue weighted by Gasteiger charge is 2.38. The molecular weight excluding hydrogens is 236 g/mol. The minimum absolute atomic E-state index is 0.167. The van der Waals surface area contributed by atoms with Crippen molar-refractivity contribution < 1.29 is 19.4 Å². The third-order valence-electron chi connectivity index (χ3n) is 3.20. The van der Waals surface area contributed by atoms with E-state index in [1.807, 2.05) is 0 Å². The summed E-state index contributed by atoms with van der Waals surface area (Å²) in [5.41, 5.74) is -0.767. The van der Waals surface area contributed by atoms with E-state index < -0.39 is 5.60 Å². The zero-order valence-corrected chi connectivity index (χ0v) is 10.5. The standard InChI is InChI=1S/C12H16N2O4/c1-17-9-7-13-10(11(14-9)18-2)12(16)5-3-8(15)4-6-12/h7,16H,3-6H2,1-2H3. The highest BCUT2D eigenvalue weighted by Crippen LogP contribution is 2.38. The van der Waals surface area contributed by atoms with Gasteiger partial charge in [0.25, 0.3) is 0 Å². The second-order valence-electron chi connectivity index (χ2n) is 4.34. The van der Waals surface area contributed by atoms with Crippen LogP contribution in [0.5, 0.6) is 11.8 Å². The van der Waals surface area contributed by atoms with E-state index in [0.717, 1.165) is 0 Å². The van der Waals surface area contributed by atoms with Crippen molar-refractivity contribution in [2.24, 2.45) is 0 Å². The Bertz CT molecular complexity index is 451. The molecule has 0 aliphatic heterocycles. The highest BCUT2D eigenvalue weighted by molar-refractivity contribution is 5.79. The van der Waals surface area contributed by atoms with E-state index in [4.69, 9.17) is 9.47 Å². The van der Waals surface area contributed by atoms with E-state index >= 15 is 0 Å². The molecule has 98 valence electrons. The molecule has 1 N–H and O–H groups in total. The van der Waals surface area contributed by atoms with Gasteiger partial charge >= 0.3 is 0 Å². The average molecular weight is 252 g/mol. The number of nitrogens with zero attached hydrogens (tertiary/aromatic N) is 2. The molecule has 6 heteroatoms. The zero-order valence-electron chi connectivity index (χ0n) is 10.5. The summed E-state index contributed by atoms with van der Waals surface area (Å²) < 4.78 is 10.1. The number of methoxy groups -OCH3 is 2. The largest absolute Gasteiger partial charge is 0.480 e. The van der Waals surface area contributed by atoms with Gasteiger partial charge in [-0.25, -0.2) is 4.98 Å². The fraction of sp³-hybridized carbons (Fsp3) is 0.583. The molecular formula is C12H16N2O4. The average Bonchev–Trinajstić information content (AvgIpc) is 2.41. The first-order chi connectivity index (χ1) is 8.59. The molecule has 0 radical (unpaired) electrons. The molecule has 6 nitrogen and oxygen atoms in total. The van der Waals surface area contributed by atoms with Crippen LogP contribution >= 0.6 is 0 Å². The molecule has 0 atom stereocenters. The lowest BCUT2D eigenvalue weighted by atomic mass is 9.82. The predicted octanol–water partition coefficient (Wildman–Crippen LogP) is 0.824. The molecule has 0 spiro atoms. The van der Waals surface area contributed by atoms with E-state index in [1.165, 1.54) is 20.4 Å². The lowest BCUT2D eigenvalue weighted by Crippen LogP contribution is -2.33. The fourth-order valence-corrected chi connectivity index (χ4v) is 2.10. The molecule has 0 amide bonds. The minimum Gasteiger partial charge on any atom is -0.480 e. The van der Waals surface area contributed by atoms with Gasteiger partial charge in [-0.2, -0.15) is 4.98 Å². The maximum absolute atomic E-state index is 11.2. The van der Waals surface area contributed by atoms with Crippen LogP contribution < -0.4 is 9.47 Å². The van der Waals surface area contributed by atoms with Crippen molar-refractivity contribution in [2.45, 2.75) is 31.3 Å². The van der Waals surface area contributed by atoms with Crippen LogP contribution in [0, 0.1) is 0 Å². The van der Waals surface area contributed by atoms with Crippen molar-refractivity contribution in [3.8, 4) is 11.8 Å². The predicted molar refractivity (Wildman–Crippen MR) is 62.5 cm³/mol. The Kier molecular flexibility index (Phi) is 3.47. The SMILES string of the molecule is COc1cnc(C2(O)CCC(=O)CC2)c(OC)n1. The quantitative estimate of drug-likeness (QED) is 0.857. The Labute approximate surface area is 105 Å². The van der Waals surface area contributed by atoms with Gasteiger partial charge in [0, 0.05) is 12.8 Å². The van der Waals surface area contributed by atoms with E-state index in [2.05, 4.69) is 9.97 Å². The van der Waals surface area contributed by atoms with Crippen LogP contribution in [0.15, 0.2) is 6.20 Å². The molecule has 1 aliphatic carbocycles. The molecule has 0 aromatic carbocycles. The van der Waals surface area contributed by atoms with E-state index in [9.17, 15) is 9.90 Å². The van der Waals surface area contributed by atoms with Crippen LogP contribution in [0.4, 0.5) is 0 Å². The molecule has 0 bridgehead atoms. The summed E-state index contributed by atoms with van der Waals surface area (Å²) in [4.78, 5) is 19.5. The van der Waals surface area contributed by atoms with Gasteiger partial charge < -0.3 is 14.6 Å². The number of aromatic nitrogens is 2. The zero-order chi connectivity index (χ0) is 13.2. The van der Waals surface area contributed by atoms with E-state index in [-0.39, 0.29) is 11.7 Å². The van der Waals surface area contributed by atoms with Crippen LogP contribution in [0.25, 0.3) is 0 Å². The summed E-state index contributed by atoms with van der Waals surface area (Å²) in [6.45, 7) is 0. The van der Waals surface area contributed by atoms with Crippen LogP contribution in [0.3, 0.4) is 0 Å². The smallest absolute Gasteiger partial charge is 0.241 e. The molecule has 18 heavy (non-hydrogen) atoms. The van der Waals surface area contributed by atoms with Crippen molar-refractivity contribution in [3.05, 3.63) is 11.9 Å². The van der Waals surface area contributed by atoms with Crippen LogP contribution in [-0.2, 0) is 10.4 Å². The lowest BCUT2D eigenvalue weighted by molar-refractivity contribution is -0.126. The Balaban J connectivity index is 2.34. The molecule has 1 heterocycles. The fourth-order valence-electron chi connectivity index (χ4n) is 2.10. The van der Waals surface area contributed by atoms with Crippen molar-refractivity contribution in [2.75, 3.05) is 14.2 Å². The number of hydrogen-bond donors (Lipinski definition) is 1. The first-order valence-electron chi connectivity index (χ1n) is 5.78. The summed E-state index contributed by atoms with van der Waals surface area (Å²) in [6.07, 6.45) is 2.85. The second-order valence-corrected chi connectivity index (χ2v) is 4.34. The molecule has 1 fully saturated rings. The normalized spacial score (nSPS) is 18.5. The topological polar surface area (TPSA) is 81.5 Å². The first-order valence-corrected chi connectivity index (χ1v) is 5.78. The number of ether oxygens (including phenoxy) is 2. The molecule has 1 aromatic rings. The number of rotatable bonds is 3. The molecule has 1 saturated carbocycles. The van der Waals surface area contributed by atoms with Gasteiger partial charge in [0.1, 0.15) is 17.1 Å². The van der Waals surface area contributed by atoms with E-state index in [1.54, 1.807) is 0 Å². The third-order valence-corrected chi connectivity index (χ3v) is 3.20. The summed E-state index contributed by atoms with van der Waals surface area (Å²) in [6, 6.07) is 0. The third kappa shape index (κ3) is 2.28. The van der Waals surface area contributed by atoms with Gasteiger partial charge in [-0.15, -0.1) is 0 Å². The number of ketones is 1. The monoisotopic (exact) mass is 252 g/mol. The van der Waals surface area contributed by atoms with Crippen LogP contribution in [-0.4, -0.2) is 35.1 Å². The maximum atomic E-state index is 11.2. The first kappa shape index (κ1) is 12.8. The Hall–Kier alpha value is -1.69. The molecule has 0 saturated heterocycles. The van der Waals surface area contributed by atoms with Gasteiger partial charge in [-0.1, -0.05) is 0 Å². The number of Topliss-reactive ketones (excluding diaryl/α,β-unsaturated/α-hetero) is 1. The van der Waals surface area contributed by atoms with Gasteiger partial charge in [-0.3, -0.25) is 4.79 Å². The highest BCUT2D eigenvalue weighted by atomic mass is 16.5. The van der Waals surface area contributed by atoms with Gasteiger partial charge in [0.05, 0.1) is 20.4 Å². The van der Waals surface area contributed by atoms with Crippen molar-refractivity contribution in [1.29, 1.82) is 0 Å². The molecule has 1 aromatic heterocycles. The molecule has 0 unspecified atom stereocenters. The number of aliphatic hydroxyl groups is 1. The van der Waals surface area contributed by atoms with Crippen LogP contribution in [0.2, 0.25) is 0 Å². The Morgan fingerprint density at radius 3 is 2.50 bits per heavy atom. The number of hydrogen-bond acceptors (Lipinski definition) is 6. The maximum Gasteiger partial charge on any atom is 0.241 e. The second kappa shape index (κ2) is 4.89. The van der Waals surface area contributed by atoms with E-state index in [0.29, 0.717) is 37.3 Å². The summed E-state index contributed by atoms with van der Waals surface area (Å²) in [5.74, 6) is 0.734. The summed E-state index contributed by atoms with van der Waals surface area (Å²) in [7, 11) is 2.95. The Morgan fingerprint density at radius 2 is 1.94 bits per heavy atom. The molecule has 1 aliphatic rings. The lowest BCUT2D eigenvalue weighted by Gasteiger charge is -2.31. The van der Waals surface area contributed by atoms with Crippen LogP contribution in [0.1, 0.15) is 31.4 Å². The van der Waals surface area contributed by atoms with Gasteiger partial charge in [-0.05, 0) is 12.8 Å². The Morgan fingerprint density at radius 1 is 1.28 bits per heavy atom. The van der Waals surface area contributed by atoms with Crippen molar-refractivity contribution in [1.82, 2.24) is 9.97 Å².